The summed E-state index contributed by atoms with van der Waals surface area (Å²) in [5, 5.41) is 11.7. The third-order valence-corrected chi connectivity index (χ3v) is 3.03. The third kappa shape index (κ3) is 6.76. The third-order valence-electron chi connectivity index (χ3n) is 3.03. The van der Waals surface area contributed by atoms with Crippen LogP contribution in [0.2, 0.25) is 0 Å². The van der Waals surface area contributed by atoms with Crippen LogP contribution in [0.1, 0.15) is 68.4 Å². The lowest BCUT2D eigenvalue weighted by Crippen LogP contribution is -2.44. The predicted molar refractivity (Wildman–Crippen MR) is 87.8 cm³/mol. The fraction of sp³-hybridized carbons (Fsp3) is 0.529. The van der Waals surface area contributed by atoms with Crippen molar-refractivity contribution in [3.63, 3.8) is 0 Å². The number of hydrogen-bond donors (Lipinski definition) is 2. The zero-order valence-electron chi connectivity index (χ0n) is 14.7. The van der Waals surface area contributed by atoms with Crippen molar-refractivity contribution in [3.05, 3.63) is 29.6 Å². The van der Waals surface area contributed by atoms with Crippen LogP contribution in [-0.4, -0.2) is 39.1 Å². The molecule has 1 rings (SSSR count). The van der Waals surface area contributed by atoms with Gasteiger partial charge < -0.3 is 15.2 Å². The monoisotopic (exact) mass is 336 g/mol. The first-order chi connectivity index (χ1) is 10.9. The molecule has 7 heteroatoms. The molecule has 0 fully saturated rings. The standard InChI is InChI=1S/C17H24N2O5/c1-16(2,3)24-13(20)9-10-17(4,5)19-14(21)11-7-6-8-12(18-11)15(22)23/h6-8H,9-10H2,1-5H3,(H,19,21)(H,22,23). The maximum atomic E-state index is 12.2. The number of carboxylic acids is 1. The molecule has 0 saturated carbocycles. The van der Waals surface area contributed by atoms with Crippen molar-refractivity contribution in [1.82, 2.24) is 10.3 Å². The smallest absolute Gasteiger partial charge is 0.354 e. The van der Waals surface area contributed by atoms with Crippen molar-refractivity contribution >= 4 is 17.8 Å². The van der Waals surface area contributed by atoms with E-state index in [1.54, 1.807) is 34.6 Å². The molecule has 0 aromatic carbocycles. The van der Waals surface area contributed by atoms with Crippen LogP contribution in [0.15, 0.2) is 18.2 Å². The Morgan fingerprint density at radius 2 is 1.71 bits per heavy atom. The molecule has 7 nitrogen and oxygen atoms in total. The highest BCUT2D eigenvalue weighted by molar-refractivity contribution is 5.94. The van der Waals surface area contributed by atoms with Crippen LogP contribution in [0.4, 0.5) is 0 Å². The van der Waals surface area contributed by atoms with Gasteiger partial charge in [-0.1, -0.05) is 6.07 Å². The van der Waals surface area contributed by atoms with Crippen molar-refractivity contribution in [2.75, 3.05) is 0 Å². The van der Waals surface area contributed by atoms with Crippen LogP contribution in [-0.2, 0) is 9.53 Å². The van der Waals surface area contributed by atoms with Crippen molar-refractivity contribution in [2.24, 2.45) is 0 Å². The molecule has 132 valence electrons. The van der Waals surface area contributed by atoms with Crippen molar-refractivity contribution in [2.45, 2.75) is 58.6 Å². The minimum absolute atomic E-state index is 0.0141. The molecular formula is C17H24N2O5. The van der Waals surface area contributed by atoms with Gasteiger partial charge in [-0.05, 0) is 53.2 Å². The zero-order valence-corrected chi connectivity index (χ0v) is 14.7. The summed E-state index contributed by atoms with van der Waals surface area (Å²) in [5.74, 6) is -2.03. The molecule has 0 atom stereocenters. The van der Waals surface area contributed by atoms with Gasteiger partial charge in [-0.3, -0.25) is 9.59 Å². The van der Waals surface area contributed by atoms with Crippen molar-refractivity contribution in [3.8, 4) is 0 Å². The summed E-state index contributed by atoms with van der Waals surface area (Å²) >= 11 is 0. The van der Waals surface area contributed by atoms with Crippen molar-refractivity contribution in [1.29, 1.82) is 0 Å². The number of nitrogens with one attached hydrogen (secondary N) is 1. The first-order valence-electron chi connectivity index (χ1n) is 7.64. The van der Waals surface area contributed by atoms with Gasteiger partial charge in [-0.25, -0.2) is 9.78 Å². The lowest BCUT2D eigenvalue weighted by Gasteiger charge is -2.27. The Morgan fingerprint density at radius 1 is 1.12 bits per heavy atom. The number of aromatic nitrogens is 1. The van der Waals surface area contributed by atoms with E-state index in [2.05, 4.69) is 10.3 Å². The Hall–Kier alpha value is -2.44. The SMILES string of the molecule is CC(C)(CCC(=O)OC(C)(C)C)NC(=O)c1cccc(C(=O)O)n1. The van der Waals surface area contributed by atoms with E-state index in [0.717, 1.165) is 0 Å². The molecule has 0 spiro atoms. The number of nitrogens with zero attached hydrogens (tertiary/aromatic N) is 1. The highest BCUT2D eigenvalue weighted by Gasteiger charge is 2.25. The van der Waals surface area contributed by atoms with Crippen LogP contribution in [0.3, 0.4) is 0 Å². The second-order valence-corrected chi connectivity index (χ2v) is 7.14. The van der Waals surface area contributed by atoms with Gasteiger partial charge in [-0.2, -0.15) is 0 Å². The fourth-order valence-corrected chi connectivity index (χ4v) is 1.92. The maximum absolute atomic E-state index is 12.2. The van der Waals surface area contributed by atoms with E-state index >= 15 is 0 Å². The Balaban J connectivity index is 2.66. The molecule has 0 aliphatic heterocycles. The number of carbonyl (C=O) groups is 3. The number of esters is 1. The summed E-state index contributed by atoms with van der Waals surface area (Å²) in [6, 6.07) is 4.21. The molecule has 0 aliphatic carbocycles. The first kappa shape index (κ1) is 19.6. The molecule has 1 heterocycles. The van der Waals surface area contributed by atoms with E-state index in [-0.39, 0.29) is 23.8 Å². The van der Waals surface area contributed by atoms with E-state index in [0.29, 0.717) is 6.42 Å². The first-order valence-corrected chi connectivity index (χ1v) is 7.64. The molecular weight excluding hydrogens is 312 g/mol. The summed E-state index contributed by atoms with van der Waals surface area (Å²) in [6.07, 6.45) is 0.541. The fourth-order valence-electron chi connectivity index (χ4n) is 1.92. The van der Waals surface area contributed by atoms with Crippen LogP contribution in [0, 0.1) is 0 Å². The molecule has 0 saturated heterocycles. The highest BCUT2D eigenvalue weighted by atomic mass is 16.6. The molecule has 0 radical (unpaired) electrons. The summed E-state index contributed by atoms with van der Waals surface area (Å²) in [6.45, 7) is 8.92. The molecule has 0 aliphatic rings. The molecule has 1 aromatic heterocycles. The summed E-state index contributed by atoms with van der Waals surface area (Å²) in [7, 11) is 0. The van der Waals surface area contributed by atoms with Crippen LogP contribution >= 0.6 is 0 Å². The van der Waals surface area contributed by atoms with Gasteiger partial charge in [0.25, 0.3) is 5.91 Å². The second-order valence-electron chi connectivity index (χ2n) is 7.14. The maximum Gasteiger partial charge on any atom is 0.354 e. The minimum atomic E-state index is -1.20. The summed E-state index contributed by atoms with van der Waals surface area (Å²) in [5.41, 5.74) is -1.41. The Bertz CT molecular complexity index is 632. The van der Waals surface area contributed by atoms with E-state index in [1.165, 1.54) is 18.2 Å². The second kappa shape index (κ2) is 7.42. The Morgan fingerprint density at radius 3 is 2.25 bits per heavy atom. The van der Waals surface area contributed by atoms with E-state index in [4.69, 9.17) is 9.84 Å². The quantitative estimate of drug-likeness (QED) is 0.773. The number of aromatic carboxylic acids is 1. The molecule has 1 amide bonds. The summed E-state index contributed by atoms with van der Waals surface area (Å²) in [4.78, 5) is 38.7. The van der Waals surface area contributed by atoms with E-state index in [1.807, 2.05) is 0 Å². The van der Waals surface area contributed by atoms with Gasteiger partial charge in [0.2, 0.25) is 0 Å². The average molecular weight is 336 g/mol. The highest BCUT2D eigenvalue weighted by Crippen LogP contribution is 2.16. The van der Waals surface area contributed by atoms with E-state index < -0.39 is 23.0 Å². The van der Waals surface area contributed by atoms with Crippen molar-refractivity contribution < 1.29 is 24.2 Å². The van der Waals surface area contributed by atoms with Crippen LogP contribution in [0.25, 0.3) is 0 Å². The Kier molecular flexibility index (Phi) is 6.06. The number of carbonyl (C=O) groups excluding carboxylic acids is 2. The minimum Gasteiger partial charge on any atom is -0.477 e. The number of pyridine rings is 1. The molecule has 2 N–H and O–H groups in total. The number of rotatable bonds is 6. The van der Waals surface area contributed by atoms with E-state index in [9.17, 15) is 14.4 Å². The number of carboxylic acid groups (broad SMARTS) is 1. The van der Waals surface area contributed by atoms with Crippen LogP contribution < -0.4 is 5.32 Å². The molecule has 24 heavy (non-hydrogen) atoms. The topological polar surface area (TPSA) is 106 Å². The largest absolute Gasteiger partial charge is 0.477 e. The number of hydrogen-bond acceptors (Lipinski definition) is 5. The van der Waals surface area contributed by atoms with Gasteiger partial charge >= 0.3 is 11.9 Å². The van der Waals surface area contributed by atoms with Gasteiger partial charge in [0, 0.05) is 12.0 Å². The molecule has 1 aromatic rings. The molecule has 0 unspecified atom stereocenters. The summed E-state index contributed by atoms with van der Waals surface area (Å²) < 4.78 is 5.24. The van der Waals surface area contributed by atoms with Gasteiger partial charge in [0.15, 0.2) is 0 Å². The van der Waals surface area contributed by atoms with Gasteiger partial charge in [0.1, 0.15) is 17.0 Å². The average Bonchev–Trinajstić information content (AvgIpc) is 2.43. The molecule has 0 bridgehead atoms. The lowest BCUT2D eigenvalue weighted by molar-refractivity contribution is -0.155. The zero-order chi connectivity index (χ0) is 18.5. The lowest BCUT2D eigenvalue weighted by atomic mass is 9.98. The number of amides is 1. The van der Waals surface area contributed by atoms with Crippen LogP contribution in [0.5, 0.6) is 0 Å². The van der Waals surface area contributed by atoms with Gasteiger partial charge in [0.05, 0.1) is 0 Å². The normalized spacial score (nSPS) is 11.7. The predicted octanol–water partition coefficient (Wildman–Crippen LogP) is 2.41. The van der Waals surface area contributed by atoms with Gasteiger partial charge in [-0.15, -0.1) is 0 Å². The Labute approximate surface area is 141 Å². The number of ether oxygens (including phenoxy) is 1.